The molecule has 3 heterocycles. The van der Waals surface area contributed by atoms with Gasteiger partial charge in [0.25, 0.3) is 0 Å². The van der Waals surface area contributed by atoms with Crippen molar-refractivity contribution in [1.82, 2.24) is 19.6 Å². The SMILES string of the molecule is COc1ccc(S(=O)(=O)N2CCCC2C(=O)NCc2csc(-c3ccccn3)n2)cc1OC. The molecule has 33 heavy (non-hydrogen) atoms. The summed E-state index contributed by atoms with van der Waals surface area (Å²) < 4.78 is 38.2. The molecule has 1 unspecified atom stereocenters. The van der Waals surface area contributed by atoms with Crippen molar-refractivity contribution in [1.29, 1.82) is 0 Å². The Morgan fingerprint density at radius 3 is 2.76 bits per heavy atom. The number of methoxy groups -OCH3 is 2. The molecule has 1 amide bonds. The summed E-state index contributed by atoms with van der Waals surface area (Å²) in [4.78, 5) is 21.8. The van der Waals surface area contributed by atoms with E-state index in [-0.39, 0.29) is 23.9 Å². The lowest BCUT2D eigenvalue weighted by atomic mass is 10.2. The molecule has 0 radical (unpaired) electrons. The Bertz CT molecular complexity index is 1230. The highest BCUT2D eigenvalue weighted by Gasteiger charge is 2.39. The van der Waals surface area contributed by atoms with Crippen LogP contribution in [-0.4, -0.2) is 55.4 Å². The molecule has 4 rings (SSSR count). The minimum absolute atomic E-state index is 0.0550. The van der Waals surface area contributed by atoms with Crippen molar-refractivity contribution >= 4 is 27.3 Å². The Hall–Kier alpha value is -3.02. The number of nitrogens with one attached hydrogen (secondary N) is 1. The lowest BCUT2D eigenvalue weighted by molar-refractivity contribution is -0.124. The molecule has 2 aromatic heterocycles. The van der Waals surface area contributed by atoms with Gasteiger partial charge in [0.15, 0.2) is 11.5 Å². The molecule has 1 atom stereocenters. The molecule has 1 aliphatic rings. The first-order chi connectivity index (χ1) is 15.9. The van der Waals surface area contributed by atoms with E-state index < -0.39 is 16.1 Å². The molecule has 1 saturated heterocycles. The van der Waals surface area contributed by atoms with Crippen LogP contribution in [0.1, 0.15) is 18.5 Å². The maximum Gasteiger partial charge on any atom is 0.243 e. The van der Waals surface area contributed by atoms with Crippen LogP contribution in [-0.2, 0) is 21.4 Å². The third kappa shape index (κ3) is 4.85. The van der Waals surface area contributed by atoms with Crippen LogP contribution in [0.3, 0.4) is 0 Å². The van der Waals surface area contributed by atoms with Gasteiger partial charge in [0.2, 0.25) is 15.9 Å². The highest BCUT2D eigenvalue weighted by Crippen LogP contribution is 2.33. The predicted molar refractivity (Wildman–Crippen MR) is 124 cm³/mol. The number of hydrogen-bond acceptors (Lipinski definition) is 8. The van der Waals surface area contributed by atoms with Gasteiger partial charge in [-0.25, -0.2) is 13.4 Å². The third-order valence-corrected chi connectivity index (χ3v) is 8.17. The van der Waals surface area contributed by atoms with E-state index in [1.807, 2.05) is 23.6 Å². The summed E-state index contributed by atoms with van der Waals surface area (Å²) in [6.07, 6.45) is 2.76. The van der Waals surface area contributed by atoms with E-state index in [1.54, 1.807) is 6.20 Å². The fourth-order valence-electron chi connectivity index (χ4n) is 3.69. The maximum atomic E-state index is 13.3. The summed E-state index contributed by atoms with van der Waals surface area (Å²) in [5.41, 5.74) is 1.46. The summed E-state index contributed by atoms with van der Waals surface area (Å²) >= 11 is 1.44. The van der Waals surface area contributed by atoms with Crippen molar-refractivity contribution in [3.63, 3.8) is 0 Å². The molecule has 11 heteroatoms. The second kappa shape index (κ2) is 9.86. The topological polar surface area (TPSA) is 111 Å². The van der Waals surface area contributed by atoms with Crippen molar-refractivity contribution in [3.05, 3.63) is 53.7 Å². The number of carbonyl (C=O) groups excluding carboxylic acids is 1. The van der Waals surface area contributed by atoms with E-state index in [2.05, 4.69) is 15.3 Å². The zero-order chi connectivity index (χ0) is 23.4. The molecule has 0 bridgehead atoms. The Kier molecular flexibility index (Phi) is 6.91. The van der Waals surface area contributed by atoms with Gasteiger partial charge in [-0.15, -0.1) is 11.3 Å². The number of hydrogen-bond donors (Lipinski definition) is 1. The Balaban J connectivity index is 1.46. The largest absolute Gasteiger partial charge is 0.493 e. The van der Waals surface area contributed by atoms with E-state index in [0.717, 1.165) is 10.7 Å². The van der Waals surface area contributed by atoms with E-state index in [4.69, 9.17) is 9.47 Å². The van der Waals surface area contributed by atoms with Gasteiger partial charge in [-0.3, -0.25) is 9.78 Å². The second-order valence-corrected chi connectivity index (χ2v) is 10.1. The molecule has 1 N–H and O–H groups in total. The molecule has 3 aromatic rings. The minimum atomic E-state index is -3.89. The smallest absolute Gasteiger partial charge is 0.243 e. The summed E-state index contributed by atoms with van der Waals surface area (Å²) in [5.74, 6) is 0.399. The fourth-order valence-corrected chi connectivity index (χ4v) is 6.16. The first-order valence-corrected chi connectivity index (χ1v) is 12.6. The van der Waals surface area contributed by atoms with Crippen LogP contribution in [0.15, 0.2) is 52.9 Å². The number of benzene rings is 1. The lowest BCUT2D eigenvalue weighted by Crippen LogP contribution is -2.45. The predicted octanol–water partition coefficient (Wildman–Crippen LogP) is 2.69. The second-order valence-electron chi connectivity index (χ2n) is 7.37. The van der Waals surface area contributed by atoms with Gasteiger partial charge < -0.3 is 14.8 Å². The summed E-state index contributed by atoms with van der Waals surface area (Å²) in [7, 11) is -0.967. The molecular weight excluding hydrogens is 464 g/mol. The zero-order valence-electron chi connectivity index (χ0n) is 18.2. The molecular formula is C22H24N4O5S2. The molecule has 0 spiro atoms. The van der Waals surface area contributed by atoms with Gasteiger partial charge in [0.05, 0.1) is 37.0 Å². The van der Waals surface area contributed by atoms with Gasteiger partial charge in [0, 0.05) is 24.2 Å². The molecule has 1 aromatic carbocycles. The monoisotopic (exact) mass is 488 g/mol. The quantitative estimate of drug-likeness (QED) is 0.519. The van der Waals surface area contributed by atoms with Crippen LogP contribution in [0.25, 0.3) is 10.7 Å². The number of pyridine rings is 1. The molecule has 0 aliphatic carbocycles. The molecule has 174 valence electrons. The maximum absolute atomic E-state index is 13.3. The number of thiazole rings is 1. The standard InChI is InChI=1S/C22H24N4O5S2/c1-30-19-9-8-16(12-20(19)31-2)33(28,29)26-11-5-7-18(26)21(27)24-13-15-14-32-22(25-15)17-6-3-4-10-23-17/h3-4,6,8-10,12,14,18H,5,7,11,13H2,1-2H3,(H,24,27). The number of ether oxygens (including phenoxy) is 2. The summed E-state index contributed by atoms with van der Waals surface area (Å²) in [6, 6.07) is 9.22. The average Bonchev–Trinajstić information content (AvgIpc) is 3.53. The number of amides is 1. The van der Waals surface area contributed by atoms with Crippen LogP contribution in [0.2, 0.25) is 0 Å². The molecule has 9 nitrogen and oxygen atoms in total. The van der Waals surface area contributed by atoms with Gasteiger partial charge >= 0.3 is 0 Å². The highest BCUT2D eigenvalue weighted by molar-refractivity contribution is 7.89. The summed E-state index contributed by atoms with van der Waals surface area (Å²) in [6.45, 7) is 0.484. The minimum Gasteiger partial charge on any atom is -0.493 e. The van der Waals surface area contributed by atoms with Crippen LogP contribution in [0.4, 0.5) is 0 Å². The molecule has 0 saturated carbocycles. The van der Waals surface area contributed by atoms with Crippen LogP contribution in [0.5, 0.6) is 11.5 Å². The third-order valence-electron chi connectivity index (χ3n) is 5.35. The van der Waals surface area contributed by atoms with Gasteiger partial charge in [-0.05, 0) is 37.1 Å². The fraction of sp³-hybridized carbons (Fsp3) is 0.318. The number of aromatic nitrogens is 2. The van der Waals surface area contributed by atoms with Crippen molar-refractivity contribution in [2.75, 3.05) is 20.8 Å². The van der Waals surface area contributed by atoms with E-state index in [0.29, 0.717) is 30.0 Å². The van der Waals surface area contributed by atoms with Crippen molar-refractivity contribution < 1.29 is 22.7 Å². The lowest BCUT2D eigenvalue weighted by Gasteiger charge is -2.23. The van der Waals surface area contributed by atoms with E-state index in [9.17, 15) is 13.2 Å². The average molecular weight is 489 g/mol. The van der Waals surface area contributed by atoms with Crippen molar-refractivity contribution in [2.45, 2.75) is 30.3 Å². The van der Waals surface area contributed by atoms with Gasteiger partial charge in [-0.2, -0.15) is 4.31 Å². The number of nitrogens with zero attached hydrogens (tertiary/aromatic N) is 3. The van der Waals surface area contributed by atoms with Gasteiger partial charge in [-0.1, -0.05) is 6.07 Å². The van der Waals surface area contributed by atoms with E-state index in [1.165, 1.54) is 48.1 Å². The Labute approximate surface area is 196 Å². The van der Waals surface area contributed by atoms with Crippen molar-refractivity contribution in [2.24, 2.45) is 0 Å². The normalized spacial score (nSPS) is 16.5. The van der Waals surface area contributed by atoms with Crippen molar-refractivity contribution in [3.8, 4) is 22.2 Å². The Morgan fingerprint density at radius 2 is 2.03 bits per heavy atom. The Morgan fingerprint density at radius 1 is 1.21 bits per heavy atom. The van der Waals surface area contributed by atoms with Crippen LogP contribution < -0.4 is 14.8 Å². The first-order valence-electron chi connectivity index (χ1n) is 10.3. The number of sulfonamides is 1. The highest BCUT2D eigenvalue weighted by atomic mass is 32.2. The van der Waals surface area contributed by atoms with E-state index >= 15 is 0 Å². The number of rotatable bonds is 8. The zero-order valence-corrected chi connectivity index (χ0v) is 19.9. The van der Waals surface area contributed by atoms with Gasteiger partial charge in [0.1, 0.15) is 11.0 Å². The van der Waals surface area contributed by atoms with Crippen LogP contribution >= 0.6 is 11.3 Å². The number of carbonyl (C=O) groups is 1. The van der Waals surface area contributed by atoms with Crippen LogP contribution in [0, 0.1) is 0 Å². The molecule has 1 aliphatic heterocycles. The summed E-state index contributed by atoms with van der Waals surface area (Å²) in [5, 5.41) is 5.45. The molecule has 1 fully saturated rings. The first kappa shape index (κ1) is 23.1.